The van der Waals surface area contributed by atoms with Crippen LogP contribution in [0.2, 0.25) is 0 Å². The van der Waals surface area contributed by atoms with Crippen molar-refractivity contribution in [3.8, 4) is 0 Å². The number of unbranched alkanes of at least 4 members (excludes halogenated alkanes) is 1. The van der Waals surface area contributed by atoms with Gasteiger partial charge in [-0.2, -0.15) is 0 Å². The van der Waals surface area contributed by atoms with E-state index in [0.29, 0.717) is 17.8 Å². The third-order valence-corrected chi connectivity index (χ3v) is 27.8. The molecule has 12 aliphatic carbocycles. The SMILES string of the molecule is CCC(C)(C)C(=O)OC(C)(C)C12CC3CC(CC(C3)C1)C2.CCC(C)(C)C(=O)OC1(C2CCCCC2)CCCC1.CCC(C)(C)C(=O)OC1(CC)C2CC3CC(C2)CC1C3.CCC(C)(C)C(=O)OC1(CCCCOC)CCCC1.CCC1(OC(=O)C(C)(C)CC)CCCC1. The Bertz CT molecular complexity index is 2330. The molecule has 0 aliphatic heterocycles. The smallest absolute Gasteiger partial charge is 0.312 e. The molecule has 12 rings (SSSR count). The molecular weight excluding hydrogens is 1170 g/mol. The molecule has 0 N–H and O–H groups in total. The molecule has 0 aromatic rings. The summed E-state index contributed by atoms with van der Waals surface area (Å²) in [6.07, 6.45) is 44.2. The van der Waals surface area contributed by atoms with Gasteiger partial charge in [0, 0.05) is 19.1 Å². The molecule has 8 bridgehead atoms. The number of hydrogen-bond donors (Lipinski definition) is 0. The van der Waals surface area contributed by atoms with Crippen molar-refractivity contribution in [1.82, 2.24) is 0 Å². The number of rotatable bonds is 24. The molecule has 12 fully saturated rings. The lowest BCUT2D eigenvalue weighted by molar-refractivity contribution is -0.218. The second kappa shape index (κ2) is 33.2. The maximum atomic E-state index is 12.6. The summed E-state index contributed by atoms with van der Waals surface area (Å²) in [6.45, 7) is 39.8. The number of methoxy groups -OCH3 is 1. The van der Waals surface area contributed by atoms with Crippen molar-refractivity contribution in [2.24, 2.45) is 79.8 Å². The second-order valence-electron chi connectivity index (χ2n) is 36.6. The average molecular weight is 1320 g/mol. The minimum absolute atomic E-state index is 0.00857. The number of carbonyl (C=O) groups is 5. The Morgan fingerprint density at radius 2 is 0.734 bits per heavy atom. The van der Waals surface area contributed by atoms with Gasteiger partial charge in [0.1, 0.15) is 28.0 Å². The zero-order valence-electron chi connectivity index (χ0n) is 64.7. The molecule has 0 heterocycles. The number of esters is 5. The highest BCUT2D eigenvalue weighted by Gasteiger charge is 2.61. The Hall–Kier alpha value is -2.69. The van der Waals surface area contributed by atoms with Gasteiger partial charge in [-0.3, -0.25) is 24.0 Å². The molecule has 0 aromatic carbocycles. The van der Waals surface area contributed by atoms with Gasteiger partial charge < -0.3 is 28.4 Å². The van der Waals surface area contributed by atoms with Gasteiger partial charge in [-0.05, 0) is 355 Å². The molecule has 94 heavy (non-hydrogen) atoms. The van der Waals surface area contributed by atoms with Crippen molar-refractivity contribution < 1.29 is 52.4 Å². The van der Waals surface area contributed by atoms with Crippen LogP contribution in [0.3, 0.4) is 0 Å². The van der Waals surface area contributed by atoms with E-state index in [4.69, 9.17) is 28.4 Å². The summed E-state index contributed by atoms with van der Waals surface area (Å²) >= 11 is 0. The van der Waals surface area contributed by atoms with Crippen LogP contribution in [-0.2, 0) is 52.4 Å². The van der Waals surface area contributed by atoms with E-state index < -0.39 is 0 Å². The topological polar surface area (TPSA) is 141 Å². The Morgan fingerprint density at radius 1 is 0.372 bits per heavy atom. The fourth-order valence-corrected chi connectivity index (χ4v) is 19.0. The zero-order chi connectivity index (χ0) is 69.8. The lowest BCUT2D eigenvalue weighted by atomic mass is 9.46. The molecular formula is C83H146O11. The predicted octanol–water partition coefficient (Wildman–Crippen LogP) is 22.2. The summed E-state index contributed by atoms with van der Waals surface area (Å²) in [5.41, 5.74) is -2.33. The molecule has 11 nitrogen and oxygen atoms in total. The first-order chi connectivity index (χ1) is 44.0. The van der Waals surface area contributed by atoms with Gasteiger partial charge in [-0.1, -0.05) is 67.7 Å². The molecule has 0 saturated heterocycles. The van der Waals surface area contributed by atoms with Gasteiger partial charge in [0.05, 0.1) is 27.1 Å². The van der Waals surface area contributed by atoms with Gasteiger partial charge in [0.2, 0.25) is 0 Å². The van der Waals surface area contributed by atoms with Gasteiger partial charge >= 0.3 is 29.8 Å². The van der Waals surface area contributed by atoms with Crippen molar-refractivity contribution >= 4 is 29.8 Å². The molecule has 12 saturated carbocycles. The summed E-state index contributed by atoms with van der Waals surface area (Å²) in [6, 6.07) is 0. The van der Waals surface area contributed by atoms with Gasteiger partial charge in [-0.15, -0.1) is 0 Å². The summed E-state index contributed by atoms with van der Waals surface area (Å²) in [7, 11) is 1.73. The molecule has 0 amide bonds. The maximum absolute atomic E-state index is 12.6. The third-order valence-electron chi connectivity index (χ3n) is 27.8. The first-order valence-corrected chi connectivity index (χ1v) is 39.7. The van der Waals surface area contributed by atoms with Crippen LogP contribution >= 0.6 is 0 Å². The van der Waals surface area contributed by atoms with Crippen LogP contribution in [0.15, 0.2) is 0 Å². The fourth-order valence-electron chi connectivity index (χ4n) is 19.0. The molecule has 0 atom stereocenters. The number of ether oxygens (including phenoxy) is 6. The highest BCUT2D eigenvalue weighted by Crippen LogP contribution is 2.65. The molecule has 11 heteroatoms. The van der Waals surface area contributed by atoms with Crippen molar-refractivity contribution in [2.45, 2.75) is 404 Å². The average Bonchev–Trinajstić information content (AvgIpc) is 0.956. The monoisotopic (exact) mass is 1320 g/mol. The molecule has 0 unspecified atom stereocenters. The lowest BCUT2D eigenvalue weighted by Crippen LogP contribution is -2.60. The van der Waals surface area contributed by atoms with E-state index in [2.05, 4.69) is 48.5 Å². The zero-order valence-corrected chi connectivity index (χ0v) is 64.7. The summed E-state index contributed by atoms with van der Waals surface area (Å²) < 4.78 is 35.4. The van der Waals surface area contributed by atoms with E-state index in [1.807, 2.05) is 83.1 Å². The molecule has 0 spiro atoms. The Balaban J connectivity index is 0.000000187. The maximum Gasteiger partial charge on any atom is 0.312 e. The largest absolute Gasteiger partial charge is 0.459 e. The van der Waals surface area contributed by atoms with Crippen molar-refractivity contribution in [3.05, 3.63) is 0 Å². The van der Waals surface area contributed by atoms with Crippen LogP contribution in [0.1, 0.15) is 376 Å². The third kappa shape index (κ3) is 19.4. The number of hydrogen-bond acceptors (Lipinski definition) is 11. The lowest BCUT2D eigenvalue weighted by Gasteiger charge is -2.61. The molecule has 544 valence electrons. The second-order valence-corrected chi connectivity index (χ2v) is 36.6. The quantitative estimate of drug-likeness (QED) is 0.0518. The van der Waals surface area contributed by atoms with Gasteiger partial charge in [0.15, 0.2) is 0 Å². The van der Waals surface area contributed by atoms with Gasteiger partial charge in [-0.25, -0.2) is 0 Å². The van der Waals surface area contributed by atoms with E-state index in [0.717, 1.165) is 139 Å². The van der Waals surface area contributed by atoms with Crippen molar-refractivity contribution in [2.75, 3.05) is 13.7 Å². The molecule has 0 aromatic heterocycles. The van der Waals surface area contributed by atoms with Gasteiger partial charge in [0.25, 0.3) is 0 Å². The van der Waals surface area contributed by atoms with E-state index in [9.17, 15) is 24.0 Å². The molecule has 0 radical (unpaired) electrons. The normalized spacial score (nSPS) is 29.6. The van der Waals surface area contributed by atoms with Crippen LogP contribution in [0, 0.1) is 79.8 Å². The van der Waals surface area contributed by atoms with E-state index in [-0.39, 0.29) is 90.3 Å². The fraction of sp³-hybridized carbons (Fsp3) is 0.940. The van der Waals surface area contributed by atoms with Crippen LogP contribution in [0.4, 0.5) is 0 Å². The summed E-state index contributed by atoms with van der Waals surface area (Å²) in [5.74, 6) is 6.46. The van der Waals surface area contributed by atoms with Crippen LogP contribution in [0.25, 0.3) is 0 Å². The summed E-state index contributed by atoms with van der Waals surface area (Å²) in [5, 5.41) is 0. The van der Waals surface area contributed by atoms with Crippen LogP contribution < -0.4 is 0 Å². The Kier molecular flexibility index (Phi) is 28.4. The standard InChI is InChI=1S/C19H32O2.C18H30O2.C17H30O2.C16H30O3.C13H24O2/c1-6-17(2,3)16(20)21-18(4,5)19-10-13-7-14(11-19)9-15(8-13)12-19;1-5-17(3,4)16(19)20-18(6-2)14-8-12-7-13(10-14)11-15(18)9-12;1-4-16(2,3)15(18)19-17(12-8-9-13-17)14-10-6-5-7-11-14;1-5-15(2,3)14(17)19-16(10-6-7-11-16)12-8-9-13-18-4;1-5-12(3,4)11(14)15-13(6-2)9-7-8-10-13/h13-15H,6-12H2,1-5H3;12-15H,5-11H2,1-4H3;14H,4-13H2,1-3H3;5-13H2,1-4H3;5-10H2,1-4H3. The van der Waals surface area contributed by atoms with E-state index in [1.165, 1.54) is 141 Å². The summed E-state index contributed by atoms with van der Waals surface area (Å²) in [4.78, 5) is 62.0. The van der Waals surface area contributed by atoms with Crippen molar-refractivity contribution in [1.29, 1.82) is 0 Å². The Morgan fingerprint density at radius 3 is 1.13 bits per heavy atom. The van der Waals surface area contributed by atoms with E-state index >= 15 is 0 Å². The highest BCUT2D eigenvalue weighted by molar-refractivity contribution is 5.78. The van der Waals surface area contributed by atoms with Crippen molar-refractivity contribution in [3.63, 3.8) is 0 Å². The minimum Gasteiger partial charge on any atom is -0.459 e. The highest BCUT2D eigenvalue weighted by atomic mass is 16.6. The number of carbonyl (C=O) groups excluding carboxylic acids is 5. The minimum atomic E-state index is -0.362. The van der Waals surface area contributed by atoms with Crippen LogP contribution in [0.5, 0.6) is 0 Å². The molecule has 12 aliphatic rings. The van der Waals surface area contributed by atoms with E-state index in [1.54, 1.807) is 7.11 Å². The van der Waals surface area contributed by atoms with Crippen LogP contribution in [-0.4, -0.2) is 71.6 Å². The first-order valence-electron chi connectivity index (χ1n) is 39.7. The predicted molar refractivity (Wildman–Crippen MR) is 382 cm³/mol. The Labute approximate surface area is 576 Å². The first kappa shape index (κ1) is 80.3.